The molecule has 1 aromatic heterocycles. The quantitative estimate of drug-likeness (QED) is 0.901. The number of fused-ring (bicyclic) bond motifs is 1. The van der Waals surface area contributed by atoms with Gasteiger partial charge in [0, 0.05) is 0 Å². The smallest absolute Gasteiger partial charge is 0.274 e. The van der Waals surface area contributed by atoms with Gasteiger partial charge in [-0.25, -0.2) is 4.68 Å². The Morgan fingerprint density at radius 3 is 2.72 bits per heavy atom. The van der Waals surface area contributed by atoms with Crippen molar-refractivity contribution in [2.75, 3.05) is 13.1 Å². The van der Waals surface area contributed by atoms with Crippen LogP contribution in [0.3, 0.4) is 0 Å². The summed E-state index contributed by atoms with van der Waals surface area (Å²) in [5.41, 5.74) is 3.88. The van der Waals surface area contributed by atoms with E-state index in [1.165, 1.54) is 11.1 Å². The molecule has 6 heteroatoms. The van der Waals surface area contributed by atoms with E-state index in [0.29, 0.717) is 17.7 Å². The summed E-state index contributed by atoms with van der Waals surface area (Å²) >= 11 is 0. The highest BCUT2D eigenvalue weighted by Crippen LogP contribution is 2.39. The fourth-order valence-electron chi connectivity index (χ4n) is 4.20. The Kier molecular flexibility index (Phi) is 4.29. The van der Waals surface area contributed by atoms with Gasteiger partial charge in [-0.15, -0.1) is 5.10 Å². The fourth-order valence-corrected chi connectivity index (χ4v) is 4.20. The molecule has 2 aliphatic rings. The molecule has 2 unspecified atom stereocenters. The minimum atomic E-state index is -0.119. The van der Waals surface area contributed by atoms with Gasteiger partial charge in [0.25, 0.3) is 5.91 Å². The largest absolute Gasteiger partial charge is 0.344 e. The van der Waals surface area contributed by atoms with Crippen LogP contribution in [0, 0.1) is 6.92 Å². The van der Waals surface area contributed by atoms with E-state index in [1.54, 1.807) is 0 Å². The number of amides is 1. The minimum absolute atomic E-state index is 0.0575. The van der Waals surface area contributed by atoms with Gasteiger partial charge < -0.3 is 10.6 Å². The summed E-state index contributed by atoms with van der Waals surface area (Å²) < 4.78 is 1.93. The van der Waals surface area contributed by atoms with Crippen molar-refractivity contribution < 1.29 is 4.79 Å². The number of rotatable bonds is 3. The average molecular weight is 339 g/mol. The number of aromatic nitrogens is 3. The van der Waals surface area contributed by atoms with Crippen LogP contribution in [0.2, 0.25) is 0 Å². The number of nitrogens with zero attached hydrogens (tertiary/aromatic N) is 3. The van der Waals surface area contributed by atoms with Crippen LogP contribution < -0.4 is 10.6 Å². The molecule has 2 N–H and O–H groups in total. The Morgan fingerprint density at radius 2 is 1.96 bits per heavy atom. The molecule has 1 saturated heterocycles. The monoisotopic (exact) mass is 339 g/mol. The minimum Gasteiger partial charge on any atom is -0.344 e. The Morgan fingerprint density at radius 1 is 1.24 bits per heavy atom. The van der Waals surface area contributed by atoms with Gasteiger partial charge in [0.15, 0.2) is 5.69 Å². The van der Waals surface area contributed by atoms with Crippen LogP contribution in [0.1, 0.15) is 71.5 Å². The standard InChI is InChI=1S/C19H25N5O/c1-12-11-17(16-6-4-3-5-15(12)16)21-19(25)18-13(2)24(23-22-18)14-7-9-20-10-8-14/h3-6,12,14,17,20H,7-11H2,1-2H3,(H,21,25). The van der Waals surface area contributed by atoms with Crippen LogP contribution in [-0.4, -0.2) is 34.0 Å². The molecular weight excluding hydrogens is 314 g/mol. The molecule has 2 atom stereocenters. The van der Waals surface area contributed by atoms with Crippen LogP contribution in [0.5, 0.6) is 0 Å². The zero-order valence-corrected chi connectivity index (χ0v) is 14.8. The van der Waals surface area contributed by atoms with E-state index < -0.39 is 0 Å². The van der Waals surface area contributed by atoms with Crippen molar-refractivity contribution in [3.63, 3.8) is 0 Å². The predicted octanol–water partition coefficient (Wildman–Crippen LogP) is 2.49. The summed E-state index contributed by atoms with van der Waals surface area (Å²) in [6, 6.07) is 8.76. The van der Waals surface area contributed by atoms with E-state index in [4.69, 9.17) is 0 Å². The van der Waals surface area contributed by atoms with Gasteiger partial charge in [-0.3, -0.25) is 4.79 Å². The first kappa shape index (κ1) is 16.3. The summed E-state index contributed by atoms with van der Waals surface area (Å²) in [5.74, 6) is 0.347. The van der Waals surface area contributed by atoms with Gasteiger partial charge in [-0.05, 0) is 56.3 Å². The first-order chi connectivity index (χ1) is 12.1. The van der Waals surface area contributed by atoms with Crippen LogP contribution in [0.25, 0.3) is 0 Å². The highest BCUT2D eigenvalue weighted by Gasteiger charge is 2.30. The van der Waals surface area contributed by atoms with Crippen LogP contribution in [-0.2, 0) is 0 Å². The van der Waals surface area contributed by atoms with Crippen LogP contribution >= 0.6 is 0 Å². The lowest BCUT2D eigenvalue weighted by Gasteiger charge is -2.23. The molecule has 0 spiro atoms. The molecule has 0 radical (unpaired) electrons. The van der Waals surface area contributed by atoms with Crippen molar-refractivity contribution in [3.05, 3.63) is 46.8 Å². The zero-order valence-electron chi connectivity index (χ0n) is 14.8. The van der Waals surface area contributed by atoms with E-state index in [-0.39, 0.29) is 11.9 Å². The molecule has 1 amide bonds. The molecule has 4 rings (SSSR count). The Balaban J connectivity index is 1.52. The number of carbonyl (C=O) groups excluding carboxylic acids is 1. The molecule has 1 fully saturated rings. The lowest BCUT2D eigenvalue weighted by atomic mass is 10.0. The lowest BCUT2D eigenvalue weighted by Crippen LogP contribution is -2.31. The van der Waals surface area contributed by atoms with Crippen molar-refractivity contribution in [2.45, 2.75) is 51.1 Å². The van der Waals surface area contributed by atoms with E-state index in [9.17, 15) is 4.79 Å². The first-order valence-electron chi connectivity index (χ1n) is 9.17. The normalized spacial score (nSPS) is 23.4. The fraction of sp³-hybridized carbons (Fsp3) is 0.526. The Labute approximate surface area is 148 Å². The molecule has 0 bridgehead atoms. The van der Waals surface area contributed by atoms with Crippen molar-refractivity contribution in [1.29, 1.82) is 0 Å². The molecule has 25 heavy (non-hydrogen) atoms. The third kappa shape index (κ3) is 2.95. The maximum absolute atomic E-state index is 12.8. The topological polar surface area (TPSA) is 71.8 Å². The van der Waals surface area contributed by atoms with Gasteiger partial charge in [0.05, 0.1) is 17.8 Å². The number of carbonyl (C=O) groups is 1. The van der Waals surface area contributed by atoms with Crippen LogP contribution in [0.15, 0.2) is 24.3 Å². The number of benzene rings is 1. The molecule has 2 aromatic rings. The van der Waals surface area contributed by atoms with Gasteiger partial charge >= 0.3 is 0 Å². The molecule has 132 valence electrons. The third-order valence-electron chi connectivity index (χ3n) is 5.59. The summed E-state index contributed by atoms with van der Waals surface area (Å²) in [7, 11) is 0. The number of hydrogen-bond acceptors (Lipinski definition) is 4. The second kappa shape index (κ2) is 6.59. The molecule has 1 aliphatic carbocycles. The number of nitrogens with one attached hydrogen (secondary N) is 2. The molecule has 2 heterocycles. The highest BCUT2D eigenvalue weighted by atomic mass is 16.2. The molecular formula is C19H25N5O. The average Bonchev–Trinajstić information content (AvgIpc) is 3.17. The van der Waals surface area contributed by atoms with Crippen molar-refractivity contribution >= 4 is 5.91 Å². The van der Waals surface area contributed by atoms with E-state index in [1.807, 2.05) is 17.7 Å². The molecule has 0 saturated carbocycles. The Hall–Kier alpha value is -2.21. The van der Waals surface area contributed by atoms with E-state index in [2.05, 4.69) is 46.1 Å². The highest BCUT2D eigenvalue weighted by molar-refractivity contribution is 5.93. The van der Waals surface area contributed by atoms with Gasteiger partial charge in [-0.1, -0.05) is 36.4 Å². The lowest BCUT2D eigenvalue weighted by molar-refractivity contribution is 0.0930. The van der Waals surface area contributed by atoms with Gasteiger partial charge in [-0.2, -0.15) is 0 Å². The Bertz CT molecular complexity index is 778. The number of piperidine rings is 1. The van der Waals surface area contributed by atoms with E-state index in [0.717, 1.165) is 38.0 Å². The van der Waals surface area contributed by atoms with Crippen molar-refractivity contribution in [1.82, 2.24) is 25.6 Å². The maximum Gasteiger partial charge on any atom is 0.274 e. The van der Waals surface area contributed by atoms with Crippen molar-refractivity contribution in [3.8, 4) is 0 Å². The second-order valence-corrected chi connectivity index (χ2v) is 7.24. The zero-order chi connectivity index (χ0) is 17.4. The van der Waals surface area contributed by atoms with Gasteiger partial charge in [0.1, 0.15) is 0 Å². The second-order valence-electron chi connectivity index (χ2n) is 7.24. The van der Waals surface area contributed by atoms with Crippen LogP contribution in [0.4, 0.5) is 0 Å². The summed E-state index contributed by atoms with van der Waals surface area (Å²) in [5, 5.41) is 15.0. The predicted molar refractivity (Wildman–Crippen MR) is 95.6 cm³/mol. The SMILES string of the molecule is Cc1c(C(=O)NC2CC(C)c3ccccc32)nnn1C1CCNCC1. The molecule has 6 nitrogen and oxygen atoms in total. The van der Waals surface area contributed by atoms with E-state index >= 15 is 0 Å². The van der Waals surface area contributed by atoms with Gasteiger partial charge in [0.2, 0.25) is 0 Å². The maximum atomic E-state index is 12.8. The summed E-state index contributed by atoms with van der Waals surface area (Å²) in [6.45, 7) is 6.14. The third-order valence-corrected chi connectivity index (χ3v) is 5.59. The first-order valence-corrected chi connectivity index (χ1v) is 9.17. The summed E-state index contributed by atoms with van der Waals surface area (Å²) in [6.07, 6.45) is 2.99. The molecule has 1 aromatic carbocycles. The summed E-state index contributed by atoms with van der Waals surface area (Å²) in [4.78, 5) is 12.8. The van der Waals surface area contributed by atoms with Crippen molar-refractivity contribution in [2.24, 2.45) is 0 Å². The molecule has 1 aliphatic heterocycles. The number of hydrogen-bond donors (Lipinski definition) is 2.